The molecule has 4 rings (SSSR count). The zero-order valence-corrected chi connectivity index (χ0v) is 15.9. The van der Waals surface area contributed by atoms with Crippen LogP contribution in [0.3, 0.4) is 0 Å². The Hall–Kier alpha value is -3.88. The van der Waals surface area contributed by atoms with Gasteiger partial charge in [0.2, 0.25) is 0 Å². The second-order valence-corrected chi connectivity index (χ2v) is 6.56. The fourth-order valence-electron chi connectivity index (χ4n) is 3.14. The van der Waals surface area contributed by atoms with Gasteiger partial charge in [0.1, 0.15) is 23.0 Å². The zero-order chi connectivity index (χ0) is 21.3. The third kappa shape index (κ3) is 3.57. The summed E-state index contributed by atoms with van der Waals surface area (Å²) < 4.78 is 28.5. The minimum Gasteiger partial charge on any atom is -0.352 e. The highest BCUT2D eigenvalue weighted by Crippen LogP contribution is 2.30. The lowest BCUT2D eigenvalue weighted by molar-refractivity contribution is 0.0951. The van der Waals surface area contributed by atoms with Crippen molar-refractivity contribution in [3.63, 3.8) is 0 Å². The quantitative estimate of drug-likeness (QED) is 0.602. The SMILES string of the molecule is CCNC(=O)c1ccc(Nc2nc(-c3c(F)cccc3F)nc3c2C(=O)NC3)cc1. The summed E-state index contributed by atoms with van der Waals surface area (Å²) >= 11 is 0. The molecule has 30 heavy (non-hydrogen) atoms. The van der Waals surface area contributed by atoms with Gasteiger partial charge >= 0.3 is 0 Å². The van der Waals surface area contributed by atoms with Crippen molar-refractivity contribution in [2.75, 3.05) is 11.9 Å². The van der Waals surface area contributed by atoms with Crippen LogP contribution < -0.4 is 16.0 Å². The molecule has 152 valence electrons. The van der Waals surface area contributed by atoms with E-state index in [1.54, 1.807) is 24.3 Å². The van der Waals surface area contributed by atoms with Gasteiger partial charge < -0.3 is 16.0 Å². The van der Waals surface area contributed by atoms with Gasteiger partial charge in [0.15, 0.2) is 5.82 Å². The molecule has 0 fully saturated rings. The van der Waals surface area contributed by atoms with Crippen molar-refractivity contribution in [3.8, 4) is 11.4 Å². The minimum atomic E-state index is -0.801. The van der Waals surface area contributed by atoms with E-state index in [9.17, 15) is 18.4 Å². The average molecular weight is 409 g/mol. The van der Waals surface area contributed by atoms with Gasteiger partial charge in [-0.05, 0) is 43.3 Å². The maximum atomic E-state index is 14.2. The Kier molecular flexibility index (Phi) is 5.09. The predicted molar refractivity (Wildman–Crippen MR) is 106 cm³/mol. The van der Waals surface area contributed by atoms with E-state index < -0.39 is 11.6 Å². The minimum absolute atomic E-state index is 0.124. The number of carbonyl (C=O) groups excluding carboxylic acids is 2. The molecule has 0 saturated heterocycles. The van der Waals surface area contributed by atoms with Crippen molar-refractivity contribution in [3.05, 3.63) is 70.9 Å². The van der Waals surface area contributed by atoms with Crippen molar-refractivity contribution in [2.24, 2.45) is 0 Å². The number of carbonyl (C=O) groups is 2. The fourth-order valence-corrected chi connectivity index (χ4v) is 3.14. The van der Waals surface area contributed by atoms with Crippen molar-refractivity contribution in [1.82, 2.24) is 20.6 Å². The first-order valence-electron chi connectivity index (χ1n) is 9.26. The van der Waals surface area contributed by atoms with Crippen LogP contribution in [0.1, 0.15) is 33.3 Å². The summed E-state index contributed by atoms with van der Waals surface area (Å²) in [5.74, 6) is -2.23. The topological polar surface area (TPSA) is 96.0 Å². The summed E-state index contributed by atoms with van der Waals surface area (Å²) in [6.07, 6.45) is 0. The number of rotatable bonds is 5. The van der Waals surface area contributed by atoms with E-state index in [0.717, 1.165) is 12.1 Å². The lowest BCUT2D eigenvalue weighted by atomic mass is 10.1. The van der Waals surface area contributed by atoms with Crippen LogP contribution >= 0.6 is 0 Å². The van der Waals surface area contributed by atoms with Gasteiger partial charge in [-0.15, -0.1) is 0 Å². The molecule has 2 aromatic carbocycles. The summed E-state index contributed by atoms with van der Waals surface area (Å²) in [4.78, 5) is 32.6. The number of benzene rings is 2. The number of anilines is 2. The maximum absolute atomic E-state index is 14.2. The van der Waals surface area contributed by atoms with E-state index in [-0.39, 0.29) is 41.1 Å². The normalized spacial score (nSPS) is 12.3. The lowest BCUT2D eigenvalue weighted by Gasteiger charge is -2.12. The molecular weight excluding hydrogens is 392 g/mol. The van der Waals surface area contributed by atoms with Crippen LogP contribution in [-0.4, -0.2) is 28.3 Å². The summed E-state index contributed by atoms with van der Waals surface area (Å²) in [5.41, 5.74) is 1.21. The van der Waals surface area contributed by atoms with Gasteiger partial charge in [0.05, 0.1) is 17.8 Å². The first kappa shape index (κ1) is 19.4. The van der Waals surface area contributed by atoms with E-state index in [1.165, 1.54) is 6.07 Å². The van der Waals surface area contributed by atoms with Crippen molar-refractivity contribution in [1.29, 1.82) is 0 Å². The van der Waals surface area contributed by atoms with Crippen LogP contribution in [0.5, 0.6) is 0 Å². The molecule has 7 nitrogen and oxygen atoms in total. The Morgan fingerprint density at radius 1 is 1.07 bits per heavy atom. The van der Waals surface area contributed by atoms with Crippen LogP contribution in [0.4, 0.5) is 20.3 Å². The standard InChI is InChI=1S/C21H17F2N5O2/c1-2-24-20(29)11-6-8-12(9-7-11)26-19-17-15(10-25-21(17)30)27-18(28-19)16-13(22)4-3-5-14(16)23/h3-9H,2,10H2,1H3,(H,24,29)(H,25,30)(H,26,27,28). The number of hydrogen-bond donors (Lipinski definition) is 3. The zero-order valence-electron chi connectivity index (χ0n) is 15.9. The first-order chi connectivity index (χ1) is 14.5. The lowest BCUT2D eigenvalue weighted by Crippen LogP contribution is -2.22. The Morgan fingerprint density at radius 3 is 2.43 bits per heavy atom. The Labute approximate surface area is 170 Å². The molecule has 0 bridgehead atoms. The van der Waals surface area contributed by atoms with Gasteiger partial charge in [-0.3, -0.25) is 9.59 Å². The van der Waals surface area contributed by atoms with E-state index in [2.05, 4.69) is 25.9 Å². The highest BCUT2D eigenvalue weighted by Gasteiger charge is 2.28. The fraction of sp³-hybridized carbons (Fsp3) is 0.143. The molecule has 2 amide bonds. The van der Waals surface area contributed by atoms with Crippen LogP contribution in [0.25, 0.3) is 11.4 Å². The van der Waals surface area contributed by atoms with E-state index >= 15 is 0 Å². The number of aromatic nitrogens is 2. The smallest absolute Gasteiger partial charge is 0.257 e. The van der Waals surface area contributed by atoms with Gasteiger partial charge in [-0.25, -0.2) is 18.7 Å². The average Bonchev–Trinajstić information content (AvgIpc) is 3.10. The Balaban J connectivity index is 1.73. The molecule has 1 aromatic heterocycles. The number of hydrogen-bond acceptors (Lipinski definition) is 5. The molecule has 0 saturated carbocycles. The second-order valence-electron chi connectivity index (χ2n) is 6.56. The summed E-state index contributed by atoms with van der Waals surface area (Å²) in [6, 6.07) is 10.0. The third-order valence-corrected chi connectivity index (χ3v) is 4.56. The predicted octanol–water partition coefficient (Wildman–Crippen LogP) is 3.16. The van der Waals surface area contributed by atoms with E-state index in [4.69, 9.17) is 0 Å². The van der Waals surface area contributed by atoms with Gasteiger partial charge in [0, 0.05) is 17.8 Å². The molecule has 0 atom stereocenters. The van der Waals surface area contributed by atoms with Crippen LogP contribution in [0.15, 0.2) is 42.5 Å². The summed E-state index contributed by atoms with van der Waals surface area (Å²) in [7, 11) is 0. The van der Waals surface area contributed by atoms with Crippen LogP contribution in [-0.2, 0) is 6.54 Å². The number of amides is 2. The van der Waals surface area contributed by atoms with Crippen molar-refractivity contribution >= 4 is 23.3 Å². The van der Waals surface area contributed by atoms with E-state index in [1.807, 2.05) is 6.92 Å². The second kappa shape index (κ2) is 7.86. The number of nitrogens with one attached hydrogen (secondary N) is 3. The number of fused-ring (bicyclic) bond motifs is 1. The molecule has 1 aliphatic rings. The molecule has 2 heterocycles. The molecule has 1 aliphatic heterocycles. The van der Waals surface area contributed by atoms with Crippen molar-refractivity contribution < 1.29 is 18.4 Å². The van der Waals surface area contributed by atoms with Gasteiger partial charge in [-0.2, -0.15) is 0 Å². The monoisotopic (exact) mass is 409 g/mol. The molecule has 3 N–H and O–H groups in total. The van der Waals surface area contributed by atoms with Crippen LogP contribution in [0.2, 0.25) is 0 Å². The molecular formula is C21H17F2N5O2. The number of halogens is 2. The molecule has 0 unspecified atom stereocenters. The Morgan fingerprint density at radius 2 is 1.77 bits per heavy atom. The highest BCUT2D eigenvalue weighted by molar-refractivity contribution is 6.03. The molecule has 0 radical (unpaired) electrons. The highest BCUT2D eigenvalue weighted by atomic mass is 19.1. The van der Waals surface area contributed by atoms with Gasteiger partial charge in [-0.1, -0.05) is 6.07 Å². The summed E-state index contributed by atoms with van der Waals surface area (Å²) in [5, 5.41) is 8.33. The number of nitrogens with zero attached hydrogens (tertiary/aromatic N) is 2. The Bertz CT molecular complexity index is 1130. The molecule has 0 aliphatic carbocycles. The third-order valence-electron chi connectivity index (χ3n) is 4.56. The van der Waals surface area contributed by atoms with E-state index in [0.29, 0.717) is 23.5 Å². The maximum Gasteiger partial charge on any atom is 0.257 e. The molecule has 0 spiro atoms. The van der Waals surface area contributed by atoms with Gasteiger partial charge in [0.25, 0.3) is 11.8 Å². The summed E-state index contributed by atoms with van der Waals surface area (Å²) in [6.45, 7) is 2.46. The molecule has 9 heteroatoms. The van der Waals surface area contributed by atoms with Crippen LogP contribution in [0, 0.1) is 11.6 Å². The molecule has 3 aromatic rings. The first-order valence-corrected chi connectivity index (χ1v) is 9.26. The largest absolute Gasteiger partial charge is 0.352 e. The van der Waals surface area contributed by atoms with Crippen molar-refractivity contribution in [2.45, 2.75) is 13.5 Å².